The standard InChI is InChI=1S/C25H31N3O4/c1-4-28-11-9-19(10-12-28)27-25(18-6-8-23(31)24(14-18)32-3)21(15-29)20-13-17(16(2)30)5-7-22(20)26/h5-8,13-15,19,27,31H,4,9-12,26H2,1-3H3/b25-21+. The second-order valence-electron chi connectivity index (χ2n) is 8.00. The molecule has 0 saturated carbocycles. The molecule has 1 heterocycles. The summed E-state index contributed by atoms with van der Waals surface area (Å²) in [6, 6.07) is 10.1. The summed E-state index contributed by atoms with van der Waals surface area (Å²) in [6.07, 6.45) is 2.63. The topological polar surface area (TPSA) is 105 Å². The van der Waals surface area contributed by atoms with Crippen molar-refractivity contribution in [2.24, 2.45) is 0 Å². The first kappa shape index (κ1) is 23.3. The number of hydrogen-bond donors (Lipinski definition) is 3. The summed E-state index contributed by atoms with van der Waals surface area (Å²) in [7, 11) is 1.48. The maximum Gasteiger partial charge on any atom is 0.161 e. The number of ketones is 1. The molecule has 1 saturated heterocycles. The smallest absolute Gasteiger partial charge is 0.161 e. The number of aromatic hydroxyl groups is 1. The highest BCUT2D eigenvalue weighted by Crippen LogP contribution is 2.34. The second kappa shape index (κ2) is 10.3. The van der Waals surface area contributed by atoms with Crippen molar-refractivity contribution in [1.29, 1.82) is 0 Å². The molecule has 0 spiro atoms. The zero-order chi connectivity index (χ0) is 23.3. The van der Waals surface area contributed by atoms with Gasteiger partial charge in [-0.1, -0.05) is 6.92 Å². The van der Waals surface area contributed by atoms with E-state index < -0.39 is 0 Å². The Balaban J connectivity index is 2.13. The summed E-state index contributed by atoms with van der Waals surface area (Å²) in [5.41, 5.74) is 9.25. The van der Waals surface area contributed by atoms with Crippen molar-refractivity contribution in [3.8, 4) is 11.5 Å². The van der Waals surface area contributed by atoms with E-state index in [2.05, 4.69) is 17.1 Å². The summed E-state index contributed by atoms with van der Waals surface area (Å²) in [4.78, 5) is 26.7. The van der Waals surface area contributed by atoms with Crippen LogP contribution in [0.1, 0.15) is 48.2 Å². The lowest BCUT2D eigenvalue weighted by molar-refractivity contribution is -0.103. The molecule has 0 bridgehead atoms. The zero-order valence-corrected chi connectivity index (χ0v) is 18.9. The summed E-state index contributed by atoms with van der Waals surface area (Å²) < 4.78 is 5.28. The third kappa shape index (κ3) is 5.11. The van der Waals surface area contributed by atoms with Crippen LogP contribution in [0.25, 0.3) is 11.3 Å². The van der Waals surface area contributed by atoms with E-state index in [0.29, 0.717) is 39.4 Å². The number of hydrogen-bond acceptors (Lipinski definition) is 7. The normalized spacial score (nSPS) is 15.7. The van der Waals surface area contributed by atoms with Gasteiger partial charge >= 0.3 is 0 Å². The molecule has 32 heavy (non-hydrogen) atoms. The first-order valence-electron chi connectivity index (χ1n) is 10.8. The molecular formula is C25H31N3O4. The lowest BCUT2D eigenvalue weighted by atomic mass is 9.94. The van der Waals surface area contributed by atoms with Gasteiger partial charge in [-0.3, -0.25) is 9.59 Å². The van der Waals surface area contributed by atoms with E-state index in [9.17, 15) is 14.7 Å². The monoisotopic (exact) mass is 437 g/mol. The molecule has 3 rings (SSSR count). The van der Waals surface area contributed by atoms with Gasteiger partial charge in [0.25, 0.3) is 0 Å². The van der Waals surface area contributed by atoms with Gasteiger partial charge in [0.2, 0.25) is 0 Å². The Bertz CT molecular complexity index is 1020. The third-order valence-electron chi connectivity index (χ3n) is 5.99. The van der Waals surface area contributed by atoms with Crippen molar-refractivity contribution in [1.82, 2.24) is 10.2 Å². The summed E-state index contributed by atoms with van der Waals surface area (Å²) in [5, 5.41) is 13.6. The first-order chi connectivity index (χ1) is 15.4. The molecule has 0 radical (unpaired) electrons. The summed E-state index contributed by atoms with van der Waals surface area (Å²) >= 11 is 0. The van der Waals surface area contributed by atoms with E-state index in [4.69, 9.17) is 10.5 Å². The van der Waals surface area contributed by atoms with Gasteiger partial charge in [0, 0.05) is 47.1 Å². The van der Waals surface area contributed by atoms with E-state index in [1.54, 1.807) is 30.3 Å². The quantitative estimate of drug-likeness (QED) is 0.191. The summed E-state index contributed by atoms with van der Waals surface area (Å²) in [5.74, 6) is 0.208. The first-order valence-corrected chi connectivity index (χ1v) is 10.8. The highest BCUT2D eigenvalue weighted by atomic mass is 16.5. The molecule has 0 aliphatic carbocycles. The number of likely N-dealkylation sites (tertiary alicyclic amines) is 1. The number of aldehydes is 1. The van der Waals surface area contributed by atoms with E-state index in [0.717, 1.165) is 38.8 Å². The Morgan fingerprint density at radius 3 is 2.50 bits per heavy atom. The van der Waals surface area contributed by atoms with Crippen molar-refractivity contribution in [3.05, 3.63) is 53.1 Å². The number of nitrogens with one attached hydrogen (secondary N) is 1. The molecule has 2 aromatic rings. The number of carbonyl (C=O) groups excluding carboxylic acids is 2. The number of nitrogen functional groups attached to an aromatic ring is 1. The van der Waals surface area contributed by atoms with Crippen LogP contribution in [0.15, 0.2) is 36.4 Å². The number of Topliss-reactive ketones (excluding diaryl/α,β-unsaturated/α-hetero) is 1. The average Bonchev–Trinajstić information content (AvgIpc) is 2.80. The van der Waals surface area contributed by atoms with Crippen LogP contribution >= 0.6 is 0 Å². The van der Waals surface area contributed by atoms with E-state index in [1.165, 1.54) is 20.1 Å². The number of nitrogens with zero attached hydrogens (tertiary/aromatic N) is 1. The molecule has 7 nitrogen and oxygen atoms in total. The zero-order valence-electron chi connectivity index (χ0n) is 18.9. The number of ether oxygens (including phenoxy) is 1. The fraction of sp³-hybridized carbons (Fsp3) is 0.360. The lowest BCUT2D eigenvalue weighted by Crippen LogP contribution is -2.42. The van der Waals surface area contributed by atoms with Crippen molar-refractivity contribution in [2.45, 2.75) is 32.7 Å². The van der Waals surface area contributed by atoms with Crippen LogP contribution in [0.4, 0.5) is 5.69 Å². The molecule has 0 atom stereocenters. The minimum Gasteiger partial charge on any atom is -0.504 e. The SMILES string of the molecule is CCN1CCC(N/C(=C(\C=O)c2cc(C(C)=O)ccc2N)c2ccc(O)c(OC)c2)CC1. The molecule has 7 heteroatoms. The van der Waals surface area contributed by atoms with Crippen molar-refractivity contribution < 1.29 is 19.4 Å². The minimum absolute atomic E-state index is 0.0117. The molecule has 2 aromatic carbocycles. The predicted octanol–water partition coefficient (Wildman–Crippen LogP) is 3.33. The number of methoxy groups -OCH3 is 1. The molecule has 170 valence electrons. The Kier molecular flexibility index (Phi) is 7.53. The number of carbonyl (C=O) groups is 2. The van der Waals surface area contributed by atoms with Gasteiger partial charge in [-0.25, -0.2) is 0 Å². The van der Waals surface area contributed by atoms with Crippen molar-refractivity contribution >= 4 is 29.0 Å². The number of nitrogens with two attached hydrogens (primary N) is 1. The van der Waals surface area contributed by atoms with Gasteiger partial charge in [0.05, 0.1) is 12.8 Å². The van der Waals surface area contributed by atoms with Crippen molar-refractivity contribution in [2.75, 3.05) is 32.5 Å². The molecule has 1 fully saturated rings. The summed E-state index contributed by atoms with van der Waals surface area (Å²) in [6.45, 7) is 6.58. The van der Waals surface area contributed by atoms with Gasteiger partial charge in [-0.2, -0.15) is 0 Å². The number of phenolic OH excluding ortho intramolecular Hbond substituents is 1. The highest BCUT2D eigenvalue weighted by molar-refractivity contribution is 6.19. The number of rotatable bonds is 8. The average molecular weight is 438 g/mol. The second-order valence-corrected chi connectivity index (χ2v) is 8.00. The molecular weight excluding hydrogens is 406 g/mol. The number of phenols is 1. The van der Waals surface area contributed by atoms with E-state index in [-0.39, 0.29) is 17.6 Å². The predicted molar refractivity (Wildman–Crippen MR) is 127 cm³/mol. The lowest BCUT2D eigenvalue weighted by Gasteiger charge is -2.33. The van der Waals surface area contributed by atoms with Gasteiger partial charge in [0.1, 0.15) is 0 Å². The number of benzene rings is 2. The van der Waals surface area contributed by atoms with Gasteiger partial charge in [0.15, 0.2) is 23.6 Å². The molecule has 1 aliphatic heterocycles. The van der Waals surface area contributed by atoms with Crippen LogP contribution in [0, 0.1) is 0 Å². The fourth-order valence-corrected chi connectivity index (χ4v) is 4.01. The van der Waals surface area contributed by atoms with Crippen LogP contribution in [-0.4, -0.2) is 54.9 Å². The van der Waals surface area contributed by atoms with Crippen LogP contribution < -0.4 is 15.8 Å². The van der Waals surface area contributed by atoms with Crippen LogP contribution in [0.5, 0.6) is 11.5 Å². The van der Waals surface area contributed by atoms with E-state index >= 15 is 0 Å². The Labute approximate surface area is 188 Å². The number of allylic oxidation sites excluding steroid dienone is 1. The maximum absolute atomic E-state index is 12.4. The Hall–Kier alpha value is -3.32. The fourth-order valence-electron chi connectivity index (χ4n) is 4.01. The molecule has 0 amide bonds. The van der Waals surface area contributed by atoms with Crippen LogP contribution in [0.3, 0.4) is 0 Å². The minimum atomic E-state index is -0.107. The molecule has 0 aromatic heterocycles. The Morgan fingerprint density at radius 1 is 1.22 bits per heavy atom. The molecule has 0 unspecified atom stereocenters. The van der Waals surface area contributed by atoms with Gasteiger partial charge in [-0.05, 0) is 62.7 Å². The van der Waals surface area contributed by atoms with Gasteiger partial charge < -0.3 is 25.8 Å². The third-order valence-corrected chi connectivity index (χ3v) is 5.99. The largest absolute Gasteiger partial charge is 0.504 e. The molecule has 4 N–H and O–H groups in total. The highest BCUT2D eigenvalue weighted by Gasteiger charge is 2.23. The van der Waals surface area contributed by atoms with Crippen molar-refractivity contribution in [3.63, 3.8) is 0 Å². The van der Waals surface area contributed by atoms with Gasteiger partial charge in [-0.15, -0.1) is 0 Å². The van der Waals surface area contributed by atoms with E-state index in [1.807, 2.05) is 0 Å². The van der Waals surface area contributed by atoms with Crippen LogP contribution in [0.2, 0.25) is 0 Å². The molecule has 1 aliphatic rings. The van der Waals surface area contributed by atoms with Crippen LogP contribution in [-0.2, 0) is 4.79 Å². The number of piperidine rings is 1. The number of anilines is 1. The Morgan fingerprint density at radius 2 is 1.91 bits per heavy atom. The maximum atomic E-state index is 12.4.